The van der Waals surface area contributed by atoms with E-state index in [0.717, 1.165) is 11.6 Å². The third-order valence-corrected chi connectivity index (χ3v) is 9.61. The second kappa shape index (κ2) is 17.2. The Balaban J connectivity index is 1.51. The van der Waals surface area contributed by atoms with Gasteiger partial charge in [0.05, 0.1) is 23.3 Å². The van der Waals surface area contributed by atoms with Gasteiger partial charge in [0.1, 0.15) is 18.8 Å². The van der Waals surface area contributed by atoms with Gasteiger partial charge in [-0.05, 0) is 48.0 Å². The van der Waals surface area contributed by atoms with E-state index >= 15 is 0 Å². The quantitative estimate of drug-likeness (QED) is 0.0793. The number of rotatable bonds is 14. The molecule has 4 aromatic carbocycles. The van der Waals surface area contributed by atoms with E-state index in [1.54, 1.807) is 91.0 Å². The maximum atomic E-state index is 13.6. The smallest absolute Gasteiger partial charge is 0.338 e. The molecule has 1 fully saturated rings. The highest BCUT2D eigenvalue weighted by Crippen LogP contribution is 2.32. The summed E-state index contributed by atoms with van der Waals surface area (Å²) < 4.78 is 37.3. The monoisotopic (exact) mass is 682 g/mol. The standard InChI is InChI=1S/C39H42O9Si/c1-49(2,3)25-24-43-39-35(48-38(42)31-22-14-7-15-23-31)34(44-26-28-16-8-4-9-17-28)33(47-37(41)30-20-12-6-13-21-30)32(46-39)27-45-36(40)29-18-10-5-11-19-29/h4-23,32-35,39H,24-27H2,1-3H3/t32-,33+,34+,35-,39-/m1/s1. The van der Waals surface area contributed by atoms with Crippen molar-refractivity contribution in [1.29, 1.82) is 0 Å². The number of hydrogen-bond donors (Lipinski definition) is 0. The zero-order chi connectivity index (χ0) is 34.6. The topological polar surface area (TPSA) is 107 Å². The molecule has 0 bridgehead atoms. The highest BCUT2D eigenvalue weighted by molar-refractivity contribution is 6.76. The molecule has 0 radical (unpaired) electrons. The van der Waals surface area contributed by atoms with Crippen LogP contribution in [0.5, 0.6) is 0 Å². The van der Waals surface area contributed by atoms with Gasteiger partial charge in [0.15, 0.2) is 18.5 Å². The van der Waals surface area contributed by atoms with Crippen LogP contribution in [0, 0.1) is 0 Å². The number of esters is 3. The van der Waals surface area contributed by atoms with Crippen molar-refractivity contribution in [2.24, 2.45) is 0 Å². The van der Waals surface area contributed by atoms with E-state index in [9.17, 15) is 14.4 Å². The second-order valence-electron chi connectivity index (χ2n) is 12.9. The third kappa shape index (κ3) is 10.4. The molecule has 0 saturated carbocycles. The molecule has 1 saturated heterocycles. The van der Waals surface area contributed by atoms with E-state index in [1.807, 2.05) is 30.3 Å². The Bertz CT molecular complexity index is 1630. The molecule has 0 aromatic heterocycles. The van der Waals surface area contributed by atoms with Gasteiger partial charge in [-0.15, -0.1) is 0 Å². The van der Waals surface area contributed by atoms with E-state index in [0.29, 0.717) is 23.3 Å². The number of carbonyl (C=O) groups excluding carboxylic acids is 3. The van der Waals surface area contributed by atoms with Gasteiger partial charge in [-0.2, -0.15) is 0 Å². The fraction of sp³-hybridized carbons (Fsp3) is 0.308. The first kappa shape index (κ1) is 35.7. The molecule has 5 rings (SSSR count). The van der Waals surface area contributed by atoms with Gasteiger partial charge in [0.2, 0.25) is 0 Å². The average Bonchev–Trinajstić information content (AvgIpc) is 3.12. The zero-order valence-corrected chi connectivity index (χ0v) is 28.9. The summed E-state index contributed by atoms with van der Waals surface area (Å²) in [6.07, 6.45) is -5.58. The predicted octanol–water partition coefficient (Wildman–Crippen LogP) is 6.96. The zero-order valence-electron chi connectivity index (χ0n) is 27.9. The molecule has 0 spiro atoms. The molecule has 256 valence electrons. The summed E-state index contributed by atoms with van der Waals surface area (Å²) in [4.78, 5) is 40.2. The maximum Gasteiger partial charge on any atom is 0.338 e. The van der Waals surface area contributed by atoms with Crippen molar-refractivity contribution >= 4 is 26.0 Å². The van der Waals surface area contributed by atoms with E-state index < -0.39 is 56.7 Å². The van der Waals surface area contributed by atoms with Gasteiger partial charge in [0, 0.05) is 14.7 Å². The SMILES string of the molecule is C[Si](C)(C)CCO[C@@H]1O[C@H](COC(=O)c2ccccc2)[C@H](OC(=O)c2ccccc2)[C@H](OCc2ccccc2)[C@H]1OC(=O)c1ccccc1. The molecule has 0 aliphatic carbocycles. The van der Waals surface area contributed by atoms with Crippen LogP contribution in [0.1, 0.15) is 36.6 Å². The van der Waals surface area contributed by atoms with Gasteiger partial charge in [-0.1, -0.05) is 105 Å². The Morgan fingerprint density at radius 1 is 0.592 bits per heavy atom. The van der Waals surface area contributed by atoms with E-state index in [4.69, 9.17) is 28.4 Å². The summed E-state index contributed by atoms with van der Waals surface area (Å²) in [5.74, 6) is -1.84. The molecule has 1 aliphatic rings. The molecular weight excluding hydrogens is 641 g/mol. The normalized spacial score (nSPS) is 20.6. The Kier molecular flexibility index (Phi) is 12.5. The summed E-state index contributed by atoms with van der Waals surface area (Å²) in [5, 5.41) is 0. The minimum absolute atomic E-state index is 0.0996. The molecule has 49 heavy (non-hydrogen) atoms. The van der Waals surface area contributed by atoms with Crippen molar-refractivity contribution in [3.63, 3.8) is 0 Å². The molecule has 5 atom stereocenters. The van der Waals surface area contributed by atoms with Crippen LogP contribution in [0.25, 0.3) is 0 Å². The van der Waals surface area contributed by atoms with Gasteiger partial charge in [-0.25, -0.2) is 14.4 Å². The maximum absolute atomic E-state index is 13.6. The summed E-state index contributed by atoms with van der Waals surface area (Å²) in [5.41, 5.74) is 1.82. The van der Waals surface area contributed by atoms with Crippen LogP contribution in [0.2, 0.25) is 25.7 Å². The second-order valence-corrected chi connectivity index (χ2v) is 18.5. The highest BCUT2D eigenvalue weighted by Gasteiger charge is 2.52. The third-order valence-electron chi connectivity index (χ3n) is 7.90. The number of carbonyl (C=O) groups is 3. The van der Waals surface area contributed by atoms with Crippen molar-refractivity contribution in [2.45, 2.75) is 63.0 Å². The molecule has 0 N–H and O–H groups in total. The van der Waals surface area contributed by atoms with Crippen LogP contribution in [0.3, 0.4) is 0 Å². The molecule has 1 heterocycles. The first-order valence-electron chi connectivity index (χ1n) is 16.3. The van der Waals surface area contributed by atoms with Gasteiger partial charge in [-0.3, -0.25) is 0 Å². The Hall–Kier alpha value is -4.61. The Morgan fingerprint density at radius 2 is 1.06 bits per heavy atom. The van der Waals surface area contributed by atoms with Crippen LogP contribution >= 0.6 is 0 Å². The van der Waals surface area contributed by atoms with Crippen LogP contribution in [-0.2, 0) is 35.0 Å². The average molecular weight is 683 g/mol. The highest BCUT2D eigenvalue weighted by atomic mass is 28.3. The fourth-order valence-electron chi connectivity index (χ4n) is 5.20. The minimum Gasteiger partial charge on any atom is -0.459 e. The molecule has 9 nitrogen and oxygen atoms in total. The summed E-state index contributed by atoms with van der Waals surface area (Å²) in [6, 6.07) is 35.9. The van der Waals surface area contributed by atoms with Crippen molar-refractivity contribution in [1.82, 2.24) is 0 Å². The van der Waals surface area contributed by atoms with E-state index in [1.165, 1.54) is 0 Å². The van der Waals surface area contributed by atoms with Crippen molar-refractivity contribution < 1.29 is 42.8 Å². The van der Waals surface area contributed by atoms with Crippen LogP contribution in [0.15, 0.2) is 121 Å². The summed E-state index contributed by atoms with van der Waals surface area (Å²) in [6.45, 7) is 6.81. The number of hydrogen-bond acceptors (Lipinski definition) is 9. The Labute approximate surface area is 288 Å². The summed E-state index contributed by atoms with van der Waals surface area (Å²) >= 11 is 0. The number of benzene rings is 4. The van der Waals surface area contributed by atoms with Gasteiger partial charge < -0.3 is 28.4 Å². The lowest BCUT2D eigenvalue weighted by Gasteiger charge is -2.45. The first-order valence-corrected chi connectivity index (χ1v) is 20.1. The van der Waals surface area contributed by atoms with E-state index in [2.05, 4.69) is 19.6 Å². The van der Waals surface area contributed by atoms with Crippen LogP contribution in [0.4, 0.5) is 0 Å². The van der Waals surface area contributed by atoms with Crippen LogP contribution < -0.4 is 0 Å². The predicted molar refractivity (Wildman–Crippen MR) is 186 cm³/mol. The lowest BCUT2D eigenvalue weighted by molar-refractivity contribution is -0.306. The molecule has 4 aromatic rings. The first-order chi connectivity index (χ1) is 23.7. The van der Waals surface area contributed by atoms with Crippen molar-refractivity contribution in [2.75, 3.05) is 13.2 Å². The van der Waals surface area contributed by atoms with E-state index in [-0.39, 0.29) is 13.2 Å². The lowest BCUT2D eigenvalue weighted by atomic mass is 9.97. The fourth-order valence-corrected chi connectivity index (χ4v) is 5.93. The molecule has 10 heteroatoms. The largest absolute Gasteiger partial charge is 0.459 e. The van der Waals surface area contributed by atoms with Crippen molar-refractivity contribution in [3.8, 4) is 0 Å². The number of ether oxygens (including phenoxy) is 6. The molecule has 0 amide bonds. The van der Waals surface area contributed by atoms with Crippen molar-refractivity contribution in [3.05, 3.63) is 144 Å². The lowest BCUT2D eigenvalue weighted by Crippen LogP contribution is -2.62. The molecule has 1 aliphatic heterocycles. The van der Waals surface area contributed by atoms with Gasteiger partial charge in [0.25, 0.3) is 0 Å². The van der Waals surface area contributed by atoms with Crippen LogP contribution in [-0.4, -0.2) is 69.9 Å². The Morgan fingerprint density at radius 3 is 1.57 bits per heavy atom. The summed E-state index contributed by atoms with van der Waals surface area (Å²) in [7, 11) is -1.54. The molecule has 0 unspecified atom stereocenters. The van der Waals surface area contributed by atoms with Gasteiger partial charge >= 0.3 is 17.9 Å². The molecular formula is C39H42O9Si. The minimum atomic E-state index is -1.54.